The lowest BCUT2D eigenvalue weighted by atomic mass is 9.82. The van der Waals surface area contributed by atoms with E-state index in [4.69, 9.17) is 0 Å². The van der Waals surface area contributed by atoms with E-state index in [1.54, 1.807) is 13.1 Å². The van der Waals surface area contributed by atoms with Crippen molar-refractivity contribution >= 4 is 17.5 Å². The van der Waals surface area contributed by atoms with Crippen LogP contribution in [0, 0.1) is 18.8 Å². The van der Waals surface area contributed by atoms with Gasteiger partial charge in [-0.15, -0.1) is 0 Å². The Morgan fingerprint density at radius 3 is 2.05 bits per heavy atom. The van der Waals surface area contributed by atoms with Gasteiger partial charge < -0.3 is 20.2 Å². The number of halogens is 3. The molecule has 2 heterocycles. The first-order valence-corrected chi connectivity index (χ1v) is 13.3. The largest absolute Gasteiger partial charge is 0.430 e. The van der Waals surface area contributed by atoms with Crippen molar-refractivity contribution in [1.82, 2.24) is 10.2 Å². The third kappa shape index (κ3) is 5.67. The number of nitrogens with one attached hydrogen (secondary N) is 1. The molecule has 206 valence electrons. The first-order valence-electron chi connectivity index (χ1n) is 13.3. The highest BCUT2D eigenvalue weighted by Crippen LogP contribution is 2.41. The maximum absolute atomic E-state index is 13.9. The molecule has 0 saturated carbocycles. The number of carbonyl (C=O) groups excluding carboxylic acids is 2. The molecule has 9 heteroatoms. The number of alkyl halides is 3. The SMILES string of the molecule is CNC(=O)c1ccc(N2CCC(CC3CCN(C(=O)[C@](O)(c4ccccc4)C(F)(F)F)CC3)CC2)cc1C. The predicted octanol–water partition coefficient (Wildman–Crippen LogP) is 4.65. The van der Waals surface area contributed by atoms with Gasteiger partial charge in [-0.2, -0.15) is 13.2 Å². The lowest BCUT2D eigenvalue weighted by molar-refractivity contribution is -0.262. The number of benzene rings is 2. The summed E-state index contributed by atoms with van der Waals surface area (Å²) in [5, 5.41) is 13.3. The number of amides is 2. The van der Waals surface area contributed by atoms with E-state index < -0.39 is 23.2 Å². The summed E-state index contributed by atoms with van der Waals surface area (Å²) >= 11 is 0. The van der Waals surface area contributed by atoms with Crippen LogP contribution < -0.4 is 10.2 Å². The second-order valence-electron chi connectivity index (χ2n) is 10.6. The number of carbonyl (C=O) groups is 2. The Hall–Kier alpha value is -3.07. The summed E-state index contributed by atoms with van der Waals surface area (Å²) in [6, 6.07) is 12.5. The van der Waals surface area contributed by atoms with E-state index in [1.165, 1.54) is 17.0 Å². The molecule has 2 saturated heterocycles. The van der Waals surface area contributed by atoms with Crippen molar-refractivity contribution in [3.63, 3.8) is 0 Å². The molecule has 2 aromatic rings. The molecule has 0 spiro atoms. The molecule has 0 aliphatic carbocycles. The molecular formula is C29H36F3N3O3. The van der Waals surface area contributed by atoms with Crippen LogP contribution in [0.1, 0.15) is 53.6 Å². The molecule has 2 amide bonds. The van der Waals surface area contributed by atoms with E-state index in [1.807, 2.05) is 19.1 Å². The minimum Gasteiger partial charge on any atom is -0.372 e. The van der Waals surface area contributed by atoms with Gasteiger partial charge in [-0.05, 0) is 74.6 Å². The highest BCUT2D eigenvalue weighted by Gasteiger charge is 2.62. The molecular weight excluding hydrogens is 495 g/mol. The fourth-order valence-corrected chi connectivity index (χ4v) is 5.82. The van der Waals surface area contributed by atoms with Crippen LogP contribution in [0.5, 0.6) is 0 Å². The molecule has 2 aliphatic rings. The highest BCUT2D eigenvalue weighted by molar-refractivity contribution is 5.95. The van der Waals surface area contributed by atoms with Crippen LogP contribution in [-0.4, -0.2) is 61.2 Å². The number of anilines is 1. The molecule has 6 nitrogen and oxygen atoms in total. The molecule has 0 radical (unpaired) electrons. The Kier molecular flexibility index (Phi) is 8.35. The normalized spacial score (nSPS) is 19.2. The quantitative estimate of drug-likeness (QED) is 0.569. The number of piperidine rings is 2. The third-order valence-electron chi connectivity index (χ3n) is 8.14. The van der Waals surface area contributed by atoms with Crippen LogP contribution in [0.25, 0.3) is 0 Å². The lowest BCUT2D eigenvalue weighted by Crippen LogP contribution is -2.57. The van der Waals surface area contributed by atoms with Crippen molar-refractivity contribution in [1.29, 1.82) is 0 Å². The Bertz CT molecular complexity index is 1120. The molecule has 2 fully saturated rings. The second-order valence-corrected chi connectivity index (χ2v) is 10.6. The van der Waals surface area contributed by atoms with E-state index in [9.17, 15) is 27.9 Å². The van der Waals surface area contributed by atoms with Crippen molar-refractivity contribution in [3.8, 4) is 0 Å². The minimum absolute atomic E-state index is 0.0938. The van der Waals surface area contributed by atoms with E-state index in [2.05, 4.69) is 16.3 Å². The number of aliphatic hydroxyl groups is 1. The zero-order valence-electron chi connectivity index (χ0n) is 21.9. The maximum Gasteiger partial charge on any atom is 0.430 e. The number of likely N-dealkylation sites (tertiary alicyclic amines) is 1. The predicted molar refractivity (Wildman–Crippen MR) is 140 cm³/mol. The molecule has 1 atom stereocenters. The number of aryl methyl sites for hydroxylation is 1. The van der Waals surface area contributed by atoms with Crippen LogP contribution in [0.2, 0.25) is 0 Å². The van der Waals surface area contributed by atoms with Gasteiger partial charge in [0, 0.05) is 50.0 Å². The molecule has 2 aliphatic heterocycles. The smallest absolute Gasteiger partial charge is 0.372 e. The summed E-state index contributed by atoms with van der Waals surface area (Å²) in [4.78, 5) is 28.4. The molecule has 0 unspecified atom stereocenters. The van der Waals surface area contributed by atoms with Gasteiger partial charge in [-0.1, -0.05) is 30.3 Å². The molecule has 2 aromatic carbocycles. The lowest BCUT2D eigenvalue weighted by Gasteiger charge is -2.40. The van der Waals surface area contributed by atoms with Crippen molar-refractivity contribution < 1.29 is 27.9 Å². The van der Waals surface area contributed by atoms with Crippen LogP contribution in [0.15, 0.2) is 48.5 Å². The molecule has 2 N–H and O–H groups in total. The van der Waals surface area contributed by atoms with E-state index in [0.717, 1.165) is 55.7 Å². The first-order chi connectivity index (χ1) is 18.0. The van der Waals surface area contributed by atoms with Crippen molar-refractivity contribution in [2.45, 2.75) is 50.8 Å². The average molecular weight is 532 g/mol. The van der Waals surface area contributed by atoms with Gasteiger partial charge in [-0.3, -0.25) is 9.59 Å². The average Bonchev–Trinajstić information content (AvgIpc) is 2.92. The van der Waals surface area contributed by atoms with Crippen LogP contribution >= 0.6 is 0 Å². The zero-order chi connectivity index (χ0) is 27.5. The topological polar surface area (TPSA) is 72.9 Å². The Labute approximate surface area is 221 Å². The van der Waals surface area contributed by atoms with E-state index in [0.29, 0.717) is 30.2 Å². The fraction of sp³-hybridized carbons (Fsp3) is 0.517. The number of hydrogen-bond donors (Lipinski definition) is 2. The van der Waals surface area contributed by atoms with Gasteiger partial charge >= 0.3 is 6.18 Å². The standard InChI is InChI=1S/C29H36F3N3O3/c1-20-18-24(8-9-25(20)26(36)33-2)34-14-10-21(11-15-34)19-22-12-16-35(17-13-22)27(37)28(38,29(30,31)32)23-6-4-3-5-7-23/h3-9,18,21-22,38H,10-17,19H2,1-2H3,(H,33,36)/t28-/m1/s1. The highest BCUT2D eigenvalue weighted by atomic mass is 19.4. The first kappa shape index (κ1) is 28.0. The Morgan fingerprint density at radius 1 is 0.947 bits per heavy atom. The Balaban J connectivity index is 1.29. The number of nitrogens with zero attached hydrogens (tertiary/aromatic N) is 2. The van der Waals surface area contributed by atoms with Gasteiger partial charge in [0.15, 0.2) is 0 Å². The number of hydrogen-bond acceptors (Lipinski definition) is 4. The summed E-state index contributed by atoms with van der Waals surface area (Å²) in [6.45, 7) is 4.19. The van der Waals surface area contributed by atoms with Crippen LogP contribution in [-0.2, 0) is 10.4 Å². The summed E-state index contributed by atoms with van der Waals surface area (Å²) < 4.78 is 41.7. The molecule has 0 bridgehead atoms. The molecule has 4 rings (SSSR count). The second kappa shape index (κ2) is 11.4. The van der Waals surface area contributed by atoms with E-state index in [-0.39, 0.29) is 19.0 Å². The van der Waals surface area contributed by atoms with Gasteiger partial charge in [0.25, 0.3) is 17.4 Å². The van der Waals surface area contributed by atoms with Gasteiger partial charge in [0.2, 0.25) is 0 Å². The summed E-state index contributed by atoms with van der Waals surface area (Å²) in [5.41, 5.74) is -1.27. The van der Waals surface area contributed by atoms with Crippen molar-refractivity contribution in [3.05, 3.63) is 65.2 Å². The van der Waals surface area contributed by atoms with Gasteiger partial charge in [-0.25, -0.2) is 0 Å². The van der Waals surface area contributed by atoms with Crippen molar-refractivity contribution in [2.24, 2.45) is 11.8 Å². The van der Waals surface area contributed by atoms with Gasteiger partial charge in [0.1, 0.15) is 0 Å². The van der Waals surface area contributed by atoms with Crippen LogP contribution in [0.3, 0.4) is 0 Å². The third-order valence-corrected chi connectivity index (χ3v) is 8.14. The summed E-state index contributed by atoms with van der Waals surface area (Å²) in [7, 11) is 1.62. The van der Waals surface area contributed by atoms with Crippen molar-refractivity contribution in [2.75, 3.05) is 38.1 Å². The van der Waals surface area contributed by atoms with Gasteiger partial charge in [0.05, 0.1) is 0 Å². The van der Waals surface area contributed by atoms with E-state index >= 15 is 0 Å². The maximum atomic E-state index is 13.9. The number of rotatable bonds is 6. The summed E-state index contributed by atoms with van der Waals surface area (Å²) in [6.07, 6.45) is -0.803. The van der Waals surface area contributed by atoms with Crippen LogP contribution in [0.4, 0.5) is 18.9 Å². The monoisotopic (exact) mass is 531 g/mol. The minimum atomic E-state index is -5.11. The zero-order valence-corrected chi connectivity index (χ0v) is 21.9. The Morgan fingerprint density at radius 2 is 1.53 bits per heavy atom. The summed E-state index contributed by atoms with van der Waals surface area (Å²) in [5.74, 6) is -0.508. The fourth-order valence-electron chi connectivity index (χ4n) is 5.82. The molecule has 38 heavy (non-hydrogen) atoms. The molecule has 0 aromatic heterocycles.